The first-order valence-electron chi connectivity index (χ1n) is 7.60. The molecule has 3 rings (SSSR count). The molecule has 7 heteroatoms. The molecule has 0 saturated carbocycles. The van der Waals surface area contributed by atoms with Crippen molar-refractivity contribution in [2.24, 2.45) is 0 Å². The van der Waals surface area contributed by atoms with Crippen LogP contribution in [0.3, 0.4) is 0 Å². The predicted octanol–water partition coefficient (Wildman–Crippen LogP) is 2.14. The molecule has 0 aromatic heterocycles. The van der Waals surface area contributed by atoms with Crippen molar-refractivity contribution in [3.8, 4) is 5.75 Å². The van der Waals surface area contributed by atoms with Crippen molar-refractivity contribution in [1.29, 1.82) is 0 Å². The lowest BCUT2D eigenvalue weighted by atomic mass is 10.2. The summed E-state index contributed by atoms with van der Waals surface area (Å²) in [5.74, 6) is -1.14. The van der Waals surface area contributed by atoms with Crippen molar-refractivity contribution >= 4 is 29.2 Å². The Labute approximate surface area is 143 Å². The highest BCUT2D eigenvalue weighted by atomic mass is 16.5. The van der Waals surface area contributed by atoms with Crippen molar-refractivity contribution in [2.75, 3.05) is 17.3 Å². The molecule has 25 heavy (non-hydrogen) atoms. The average Bonchev–Trinajstić information content (AvgIpc) is 2.89. The lowest BCUT2D eigenvalue weighted by molar-refractivity contribution is -0.121. The summed E-state index contributed by atoms with van der Waals surface area (Å²) in [6, 6.07) is 12.0. The second-order valence-corrected chi connectivity index (χ2v) is 5.55. The Morgan fingerprint density at radius 2 is 1.92 bits per heavy atom. The molecule has 1 aliphatic heterocycles. The van der Waals surface area contributed by atoms with Gasteiger partial charge in [0, 0.05) is 11.8 Å². The summed E-state index contributed by atoms with van der Waals surface area (Å²) in [5, 5.41) is 11.9. The summed E-state index contributed by atoms with van der Waals surface area (Å²) in [6.07, 6.45) is 0.0245. The van der Waals surface area contributed by atoms with Crippen molar-refractivity contribution in [2.45, 2.75) is 12.5 Å². The van der Waals surface area contributed by atoms with Gasteiger partial charge in [-0.2, -0.15) is 0 Å². The van der Waals surface area contributed by atoms with Crippen LogP contribution < -0.4 is 15.0 Å². The van der Waals surface area contributed by atoms with Gasteiger partial charge in [-0.1, -0.05) is 6.07 Å². The molecule has 2 aromatic carbocycles. The maximum absolute atomic E-state index is 12.6. The first kappa shape index (κ1) is 16.5. The van der Waals surface area contributed by atoms with Gasteiger partial charge in [-0.05, 0) is 36.4 Å². The van der Waals surface area contributed by atoms with E-state index in [0.717, 1.165) is 4.90 Å². The number of carboxylic acid groups (broad SMARTS) is 1. The number of imide groups is 1. The van der Waals surface area contributed by atoms with Crippen LogP contribution in [0.15, 0.2) is 48.5 Å². The van der Waals surface area contributed by atoms with Gasteiger partial charge in [0.15, 0.2) is 0 Å². The van der Waals surface area contributed by atoms with E-state index in [1.165, 1.54) is 19.2 Å². The second kappa shape index (κ2) is 6.64. The van der Waals surface area contributed by atoms with Gasteiger partial charge in [-0.3, -0.25) is 9.59 Å². The summed E-state index contributed by atoms with van der Waals surface area (Å²) in [6.45, 7) is 0. The predicted molar refractivity (Wildman–Crippen MR) is 90.9 cm³/mol. The van der Waals surface area contributed by atoms with Gasteiger partial charge in [0.1, 0.15) is 11.8 Å². The average molecular weight is 340 g/mol. The molecule has 7 nitrogen and oxygen atoms in total. The van der Waals surface area contributed by atoms with E-state index in [1.54, 1.807) is 36.4 Å². The van der Waals surface area contributed by atoms with Crippen molar-refractivity contribution in [3.63, 3.8) is 0 Å². The number of nitrogens with zero attached hydrogens (tertiary/aromatic N) is 1. The normalized spacial score (nSPS) is 16.8. The summed E-state index contributed by atoms with van der Waals surface area (Å²) in [5.41, 5.74) is 1.18. The Balaban J connectivity index is 1.77. The van der Waals surface area contributed by atoms with Crippen molar-refractivity contribution in [1.82, 2.24) is 0 Å². The third kappa shape index (κ3) is 3.30. The summed E-state index contributed by atoms with van der Waals surface area (Å²) < 4.78 is 5.13. The molecule has 0 aliphatic carbocycles. The van der Waals surface area contributed by atoms with E-state index in [1.807, 2.05) is 0 Å². The first-order valence-corrected chi connectivity index (χ1v) is 7.60. The number of ether oxygens (including phenoxy) is 1. The third-order valence-corrected chi connectivity index (χ3v) is 3.93. The van der Waals surface area contributed by atoms with E-state index in [2.05, 4.69) is 5.32 Å². The molecule has 2 N–H and O–H groups in total. The highest BCUT2D eigenvalue weighted by molar-refractivity contribution is 6.23. The molecule has 0 spiro atoms. The minimum Gasteiger partial charge on any atom is -0.497 e. The molecular weight excluding hydrogens is 324 g/mol. The van der Waals surface area contributed by atoms with Crippen LogP contribution in [0.1, 0.15) is 16.8 Å². The third-order valence-electron chi connectivity index (χ3n) is 3.93. The van der Waals surface area contributed by atoms with Crippen LogP contribution >= 0.6 is 0 Å². The summed E-state index contributed by atoms with van der Waals surface area (Å²) >= 11 is 0. The Kier molecular flexibility index (Phi) is 4.38. The molecule has 1 atom stereocenters. The Morgan fingerprint density at radius 3 is 2.56 bits per heavy atom. The Morgan fingerprint density at radius 1 is 1.20 bits per heavy atom. The van der Waals surface area contributed by atoms with Gasteiger partial charge >= 0.3 is 5.97 Å². The Hall–Kier alpha value is -3.35. The number of benzene rings is 2. The van der Waals surface area contributed by atoms with E-state index in [-0.39, 0.29) is 23.8 Å². The maximum atomic E-state index is 12.6. The topological polar surface area (TPSA) is 95.9 Å². The SMILES string of the molecule is COc1cccc(N2C(=O)CC(Nc3ccc(C(=O)O)cc3)C2=O)c1. The fourth-order valence-electron chi connectivity index (χ4n) is 2.68. The molecule has 1 fully saturated rings. The number of anilines is 2. The fourth-order valence-corrected chi connectivity index (χ4v) is 2.68. The number of carboxylic acids is 1. The number of amides is 2. The maximum Gasteiger partial charge on any atom is 0.335 e. The number of carbonyl (C=O) groups is 3. The number of hydrogen-bond donors (Lipinski definition) is 2. The van der Waals surface area contributed by atoms with E-state index >= 15 is 0 Å². The van der Waals surface area contributed by atoms with Crippen molar-refractivity contribution in [3.05, 3.63) is 54.1 Å². The van der Waals surface area contributed by atoms with Gasteiger partial charge in [0.05, 0.1) is 24.8 Å². The highest BCUT2D eigenvalue weighted by Gasteiger charge is 2.39. The van der Waals surface area contributed by atoms with Gasteiger partial charge in [0.25, 0.3) is 5.91 Å². The Bertz CT molecular complexity index is 832. The van der Waals surface area contributed by atoms with Crippen molar-refractivity contribution < 1.29 is 24.2 Å². The summed E-state index contributed by atoms with van der Waals surface area (Å²) in [7, 11) is 1.51. The molecular formula is C18H16N2O5. The molecule has 2 amide bonds. The van der Waals surface area contributed by atoms with Crippen LogP contribution in [-0.4, -0.2) is 36.0 Å². The quantitative estimate of drug-likeness (QED) is 0.810. The molecule has 0 radical (unpaired) electrons. The van der Waals surface area contributed by atoms with E-state index in [9.17, 15) is 14.4 Å². The molecule has 1 aliphatic rings. The molecule has 1 unspecified atom stereocenters. The zero-order valence-electron chi connectivity index (χ0n) is 13.4. The zero-order chi connectivity index (χ0) is 18.0. The fraction of sp³-hybridized carbons (Fsp3) is 0.167. The number of hydrogen-bond acceptors (Lipinski definition) is 5. The lowest BCUT2D eigenvalue weighted by Gasteiger charge is -2.16. The van der Waals surface area contributed by atoms with E-state index < -0.39 is 12.0 Å². The minimum atomic E-state index is -1.03. The zero-order valence-corrected chi connectivity index (χ0v) is 13.4. The van der Waals surface area contributed by atoms with Gasteiger partial charge in [-0.15, -0.1) is 0 Å². The number of methoxy groups -OCH3 is 1. The lowest BCUT2D eigenvalue weighted by Crippen LogP contribution is -2.34. The van der Waals surface area contributed by atoms with Crippen LogP contribution in [0.4, 0.5) is 11.4 Å². The highest BCUT2D eigenvalue weighted by Crippen LogP contribution is 2.27. The smallest absolute Gasteiger partial charge is 0.335 e. The summed E-state index contributed by atoms with van der Waals surface area (Å²) in [4.78, 5) is 36.9. The monoisotopic (exact) mass is 340 g/mol. The van der Waals surface area contributed by atoms with Crippen LogP contribution in [0, 0.1) is 0 Å². The number of nitrogens with one attached hydrogen (secondary N) is 1. The molecule has 1 saturated heterocycles. The van der Waals surface area contributed by atoms with Crippen LogP contribution in [0.5, 0.6) is 5.75 Å². The molecule has 128 valence electrons. The van der Waals surface area contributed by atoms with Crippen LogP contribution in [0.25, 0.3) is 0 Å². The largest absolute Gasteiger partial charge is 0.497 e. The number of aromatic carboxylic acids is 1. The molecule has 2 aromatic rings. The number of rotatable bonds is 5. The molecule has 1 heterocycles. The van der Waals surface area contributed by atoms with E-state index in [4.69, 9.17) is 9.84 Å². The first-order chi connectivity index (χ1) is 12.0. The second-order valence-electron chi connectivity index (χ2n) is 5.55. The van der Waals surface area contributed by atoms with E-state index in [0.29, 0.717) is 17.1 Å². The van der Waals surface area contributed by atoms with Crippen LogP contribution in [-0.2, 0) is 9.59 Å². The minimum absolute atomic E-state index is 0.0245. The molecule has 0 bridgehead atoms. The van der Waals surface area contributed by atoms with Crippen LogP contribution in [0.2, 0.25) is 0 Å². The van der Waals surface area contributed by atoms with Gasteiger partial charge in [-0.25, -0.2) is 9.69 Å². The standard InChI is InChI=1S/C18H16N2O5/c1-25-14-4-2-3-13(9-14)20-16(21)10-15(17(20)22)19-12-7-5-11(6-8-12)18(23)24/h2-9,15,19H,10H2,1H3,(H,23,24). The van der Waals surface area contributed by atoms with Gasteiger partial charge in [0.2, 0.25) is 5.91 Å². The van der Waals surface area contributed by atoms with Gasteiger partial charge < -0.3 is 15.2 Å². The number of carbonyl (C=O) groups excluding carboxylic acids is 2.